The molecular weight excluding hydrogens is 146 g/mol. The van der Waals surface area contributed by atoms with Gasteiger partial charge in [0.1, 0.15) is 0 Å². The number of rotatable bonds is 2. The Morgan fingerprint density at radius 1 is 1.17 bits per heavy atom. The molecule has 0 aliphatic rings. The van der Waals surface area contributed by atoms with E-state index in [-0.39, 0.29) is 0 Å². The van der Waals surface area contributed by atoms with Crippen LogP contribution in [-0.4, -0.2) is 13.3 Å². The highest BCUT2D eigenvalue weighted by Crippen LogP contribution is 1.85. The molecule has 0 aromatic carbocycles. The van der Waals surface area contributed by atoms with E-state index in [4.69, 9.17) is 0 Å². The largest absolute Gasteiger partial charge is 0.297 e. The zero-order chi connectivity index (χ0) is 10.4. The van der Waals surface area contributed by atoms with Gasteiger partial charge < -0.3 is 0 Å². The molecule has 0 saturated carbocycles. The first-order valence-electron chi connectivity index (χ1n) is 4.51. The summed E-state index contributed by atoms with van der Waals surface area (Å²) in [5.74, 6) is 0. The van der Waals surface area contributed by atoms with Crippen molar-refractivity contribution in [1.29, 1.82) is 0 Å². The Hall–Kier alpha value is -0.850. The molecule has 0 aliphatic carbocycles. The van der Waals surface area contributed by atoms with E-state index in [1.807, 2.05) is 46.8 Å². The molecule has 0 aromatic rings. The van der Waals surface area contributed by atoms with E-state index < -0.39 is 0 Å². The minimum atomic E-state index is 1.05. The molecule has 0 spiro atoms. The highest BCUT2D eigenvalue weighted by Gasteiger charge is 1.67. The van der Waals surface area contributed by atoms with Gasteiger partial charge in [-0.1, -0.05) is 45.9 Å². The van der Waals surface area contributed by atoms with Gasteiger partial charge in [0.05, 0.1) is 0 Å². The van der Waals surface area contributed by atoms with Crippen molar-refractivity contribution in [3.05, 3.63) is 24.3 Å². The number of hydrogen-bond acceptors (Lipinski definition) is 1. The summed E-state index contributed by atoms with van der Waals surface area (Å²) in [6.07, 6.45) is 5.50. The monoisotopic (exact) mass is 169 g/mol. The number of nitrogens with zero attached hydrogens (tertiary/aromatic N) is 1. The quantitative estimate of drug-likeness (QED) is 0.439. The number of allylic oxidation sites excluding steroid dienone is 3. The van der Waals surface area contributed by atoms with Crippen molar-refractivity contribution in [3.8, 4) is 0 Å². The fraction of sp³-hybridized carbons (Fsp3) is 0.545. The van der Waals surface area contributed by atoms with Crippen LogP contribution in [0.4, 0.5) is 0 Å². The van der Waals surface area contributed by atoms with Crippen molar-refractivity contribution in [2.45, 2.75) is 34.6 Å². The van der Waals surface area contributed by atoms with Crippen molar-refractivity contribution in [2.75, 3.05) is 7.05 Å². The SMILES string of the molecule is C=C(C)/C=C\C=NC.CC.CC. The van der Waals surface area contributed by atoms with Gasteiger partial charge in [0.2, 0.25) is 0 Å². The lowest BCUT2D eigenvalue weighted by atomic mass is 10.3. The summed E-state index contributed by atoms with van der Waals surface area (Å²) >= 11 is 0. The highest BCUT2D eigenvalue weighted by atomic mass is 14.6. The first kappa shape index (κ1) is 17.3. The minimum Gasteiger partial charge on any atom is -0.297 e. The van der Waals surface area contributed by atoms with Gasteiger partial charge in [-0.25, -0.2) is 0 Å². The topological polar surface area (TPSA) is 12.4 Å². The second-order valence-corrected chi connectivity index (χ2v) is 1.61. The van der Waals surface area contributed by atoms with Crippen LogP contribution < -0.4 is 0 Å². The van der Waals surface area contributed by atoms with Crippen LogP contribution in [0.25, 0.3) is 0 Å². The average molecular weight is 169 g/mol. The molecule has 0 fully saturated rings. The molecule has 0 N–H and O–H groups in total. The van der Waals surface area contributed by atoms with Gasteiger partial charge in [0, 0.05) is 13.3 Å². The molecule has 0 rings (SSSR count). The van der Waals surface area contributed by atoms with E-state index >= 15 is 0 Å². The second kappa shape index (κ2) is 22.5. The summed E-state index contributed by atoms with van der Waals surface area (Å²) in [6, 6.07) is 0. The van der Waals surface area contributed by atoms with E-state index in [1.165, 1.54) is 0 Å². The Bertz CT molecular complexity index is 121. The Morgan fingerprint density at radius 2 is 1.58 bits per heavy atom. The molecule has 0 unspecified atom stereocenters. The van der Waals surface area contributed by atoms with Gasteiger partial charge >= 0.3 is 0 Å². The zero-order valence-corrected chi connectivity index (χ0v) is 9.39. The lowest BCUT2D eigenvalue weighted by Crippen LogP contribution is -1.63. The number of aliphatic imine (C=N–C) groups is 1. The third kappa shape index (κ3) is 35.3. The Balaban J connectivity index is -0.000000175. The lowest BCUT2D eigenvalue weighted by Gasteiger charge is -1.78. The van der Waals surface area contributed by atoms with Crippen molar-refractivity contribution >= 4 is 6.21 Å². The third-order valence-electron chi connectivity index (χ3n) is 0.616. The van der Waals surface area contributed by atoms with Crippen molar-refractivity contribution in [2.24, 2.45) is 4.99 Å². The first-order valence-corrected chi connectivity index (χ1v) is 4.51. The standard InChI is InChI=1S/C7H11N.2C2H6/c1-7(2)5-4-6-8-3;2*1-2/h4-6H,1H2,2-3H3;2*1-2H3/b5-4-,8-6?;;. The molecule has 0 aliphatic heterocycles. The van der Waals surface area contributed by atoms with E-state index in [0.717, 1.165) is 5.57 Å². The summed E-state index contributed by atoms with van der Waals surface area (Å²) in [7, 11) is 1.74. The summed E-state index contributed by atoms with van der Waals surface area (Å²) in [6.45, 7) is 13.6. The normalized spacial score (nSPS) is 8.50. The highest BCUT2D eigenvalue weighted by molar-refractivity contribution is 5.71. The fourth-order valence-electron chi connectivity index (χ4n) is 0.293. The second-order valence-electron chi connectivity index (χ2n) is 1.61. The first-order chi connectivity index (χ1) is 5.77. The number of hydrogen-bond donors (Lipinski definition) is 0. The van der Waals surface area contributed by atoms with Crippen LogP contribution in [0.3, 0.4) is 0 Å². The molecule has 0 radical (unpaired) electrons. The molecular formula is C11H23N. The average Bonchev–Trinajstić information content (AvgIpc) is 2.12. The maximum atomic E-state index is 3.75. The van der Waals surface area contributed by atoms with E-state index in [9.17, 15) is 0 Å². The van der Waals surface area contributed by atoms with Crippen LogP contribution in [-0.2, 0) is 0 Å². The molecule has 0 atom stereocenters. The van der Waals surface area contributed by atoms with Crippen molar-refractivity contribution in [3.63, 3.8) is 0 Å². The van der Waals surface area contributed by atoms with Gasteiger partial charge in [-0.15, -0.1) is 0 Å². The summed E-state index contributed by atoms with van der Waals surface area (Å²) in [5.41, 5.74) is 1.05. The van der Waals surface area contributed by atoms with Crippen LogP contribution >= 0.6 is 0 Å². The Morgan fingerprint density at radius 3 is 1.83 bits per heavy atom. The predicted molar refractivity (Wildman–Crippen MR) is 61.1 cm³/mol. The van der Waals surface area contributed by atoms with Crippen LogP contribution in [0.1, 0.15) is 34.6 Å². The fourth-order valence-corrected chi connectivity index (χ4v) is 0.293. The Labute approximate surface area is 77.9 Å². The molecule has 1 nitrogen and oxygen atoms in total. The maximum absolute atomic E-state index is 3.75. The van der Waals surface area contributed by atoms with Crippen LogP contribution in [0.2, 0.25) is 0 Å². The van der Waals surface area contributed by atoms with Gasteiger partial charge in [-0.05, 0) is 13.0 Å². The molecule has 12 heavy (non-hydrogen) atoms. The van der Waals surface area contributed by atoms with Crippen molar-refractivity contribution < 1.29 is 0 Å². The van der Waals surface area contributed by atoms with E-state index in [0.29, 0.717) is 0 Å². The van der Waals surface area contributed by atoms with Crippen molar-refractivity contribution in [1.82, 2.24) is 0 Å². The maximum Gasteiger partial charge on any atom is 0.0277 e. The predicted octanol–water partition coefficient (Wildman–Crippen LogP) is 3.87. The molecule has 0 saturated heterocycles. The Kier molecular flexibility index (Phi) is 32.4. The molecule has 0 heterocycles. The van der Waals surface area contributed by atoms with E-state index in [1.54, 1.807) is 13.3 Å². The van der Waals surface area contributed by atoms with Gasteiger partial charge in [-0.2, -0.15) is 0 Å². The third-order valence-corrected chi connectivity index (χ3v) is 0.616. The van der Waals surface area contributed by atoms with E-state index in [2.05, 4.69) is 11.6 Å². The molecule has 72 valence electrons. The van der Waals surface area contributed by atoms with Crippen LogP contribution in [0.5, 0.6) is 0 Å². The van der Waals surface area contributed by atoms with Gasteiger partial charge in [-0.3, -0.25) is 4.99 Å². The zero-order valence-electron chi connectivity index (χ0n) is 9.39. The smallest absolute Gasteiger partial charge is 0.0277 e. The minimum absolute atomic E-state index is 1.05. The van der Waals surface area contributed by atoms with Gasteiger partial charge in [0.25, 0.3) is 0 Å². The summed E-state index contributed by atoms with van der Waals surface area (Å²) < 4.78 is 0. The molecule has 1 heteroatoms. The van der Waals surface area contributed by atoms with Crippen LogP contribution in [0.15, 0.2) is 29.3 Å². The molecule has 0 bridgehead atoms. The van der Waals surface area contributed by atoms with Gasteiger partial charge in [0.15, 0.2) is 0 Å². The molecule has 0 aromatic heterocycles. The summed E-state index contributed by atoms with van der Waals surface area (Å²) in [5, 5.41) is 0. The molecule has 0 amide bonds. The van der Waals surface area contributed by atoms with Crippen LogP contribution in [0, 0.1) is 0 Å². The lowest BCUT2D eigenvalue weighted by molar-refractivity contribution is 1.47. The summed E-state index contributed by atoms with van der Waals surface area (Å²) in [4.78, 5) is 3.75.